The van der Waals surface area contributed by atoms with Crippen LogP contribution >= 0.6 is 0 Å². The van der Waals surface area contributed by atoms with Crippen molar-refractivity contribution in [2.24, 2.45) is 5.92 Å². The van der Waals surface area contributed by atoms with Gasteiger partial charge >= 0.3 is 168 Å². The monoisotopic (exact) mass is 479 g/mol. The first kappa shape index (κ1) is 20.7. The predicted octanol–water partition coefficient (Wildman–Crippen LogP) is 4.95. The van der Waals surface area contributed by atoms with Crippen LogP contribution in [0, 0.1) is 5.92 Å². The van der Waals surface area contributed by atoms with Crippen molar-refractivity contribution in [3.8, 4) is 0 Å². The second-order valence-corrected chi connectivity index (χ2v) is 24.3. The molecule has 0 radical (unpaired) electrons. The van der Waals surface area contributed by atoms with Gasteiger partial charge in [-0.25, -0.2) is 0 Å². The van der Waals surface area contributed by atoms with Crippen molar-refractivity contribution in [1.29, 1.82) is 0 Å². The molecule has 0 saturated heterocycles. The van der Waals surface area contributed by atoms with Gasteiger partial charge in [0.1, 0.15) is 0 Å². The molecule has 1 aromatic carbocycles. The summed E-state index contributed by atoms with van der Waals surface area (Å²) in [6.45, 7) is 5.79. The molecule has 3 rings (SSSR count). The minimum absolute atomic E-state index is 0.0408. The van der Waals surface area contributed by atoms with Crippen LogP contribution in [-0.4, -0.2) is 35.5 Å². The van der Waals surface area contributed by atoms with Gasteiger partial charge in [-0.05, 0) is 0 Å². The number of nitrogens with one attached hydrogen (secondary N) is 1. The fraction of sp³-hybridized carbons (Fsp3) is 0.591. The summed E-state index contributed by atoms with van der Waals surface area (Å²) in [5.41, 5.74) is 3.46. The average Bonchev–Trinajstić information content (AvgIpc) is 2.98. The van der Waals surface area contributed by atoms with Crippen LogP contribution in [0.25, 0.3) is 0 Å². The molecule has 148 valence electrons. The Labute approximate surface area is 167 Å². The number of rotatable bonds is 3. The van der Waals surface area contributed by atoms with Crippen molar-refractivity contribution in [2.45, 2.75) is 72.0 Å². The summed E-state index contributed by atoms with van der Waals surface area (Å²) >= 11 is -2.31. The van der Waals surface area contributed by atoms with Gasteiger partial charge in [-0.2, -0.15) is 0 Å². The fourth-order valence-electron chi connectivity index (χ4n) is 4.17. The molecule has 0 amide bonds. The summed E-state index contributed by atoms with van der Waals surface area (Å²) in [5, 5.41) is 0. The summed E-state index contributed by atoms with van der Waals surface area (Å²) in [7, 11) is 0. The van der Waals surface area contributed by atoms with E-state index < -0.39 is 29.6 Å². The number of hydrogen-bond donors (Lipinski definition) is 1. The summed E-state index contributed by atoms with van der Waals surface area (Å²) in [4.78, 5) is 26.5. The van der Waals surface area contributed by atoms with Gasteiger partial charge in [0.2, 0.25) is 0 Å². The molecule has 1 N–H and O–H groups in total. The van der Waals surface area contributed by atoms with Crippen LogP contribution < -0.4 is 5.48 Å². The molecule has 1 heterocycles. The van der Waals surface area contributed by atoms with Crippen LogP contribution in [-0.2, 0) is 14.4 Å². The van der Waals surface area contributed by atoms with E-state index in [1.807, 2.05) is 39.0 Å². The van der Waals surface area contributed by atoms with Gasteiger partial charge < -0.3 is 0 Å². The molecule has 4 nitrogen and oxygen atoms in total. The zero-order valence-electron chi connectivity index (χ0n) is 17.5. The number of carbonyl (C=O) groups is 1. The van der Waals surface area contributed by atoms with Crippen LogP contribution in [0.4, 0.5) is 0 Å². The molecule has 2 aliphatic rings. The molecule has 1 saturated carbocycles. The molecule has 27 heavy (non-hydrogen) atoms. The Morgan fingerprint density at radius 1 is 1.22 bits per heavy atom. The molecule has 1 spiro atoms. The number of carbonyl (C=O) groups excluding carboxylic acids is 1. The molecule has 0 bridgehead atoms. The van der Waals surface area contributed by atoms with Gasteiger partial charge in [0.25, 0.3) is 0 Å². The number of benzene rings is 1. The average molecular weight is 478 g/mol. The molecule has 1 aliphatic heterocycles. The van der Waals surface area contributed by atoms with Crippen LogP contribution in [0.1, 0.15) is 51.5 Å². The van der Waals surface area contributed by atoms with Crippen LogP contribution in [0.15, 0.2) is 40.1 Å². The SMILES string of the molecule is CC(C)(C)OC(=O)C1CCC[C@]2(C=[C]([Sn]([CH3])([CH3])[CH3])NO2)[C@@H]1c1ccccc1. The molecule has 1 aromatic rings. The summed E-state index contributed by atoms with van der Waals surface area (Å²) in [5.74, 6) is -0.353. The van der Waals surface area contributed by atoms with E-state index in [9.17, 15) is 4.79 Å². The van der Waals surface area contributed by atoms with Crippen LogP contribution in [0.5, 0.6) is 0 Å². The Morgan fingerprint density at radius 2 is 1.89 bits per heavy atom. The van der Waals surface area contributed by atoms with Crippen molar-refractivity contribution in [3.63, 3.8) is 0 Å². The molecule has 0 aromatic heterocycles. The Hall–Kier alpha value is -1.01. The third-order valence-corrected chi connectivity index (χ3v) is 10.7. The van der Waals surface area contributed by atoms with Crippen molar-refractivity contribution < 1.29 is 14.4 Å². The van der Waals surface area contributed by atoms with E-state index in [2.05, 4.69) is 38.5 Å². The molecule has 1 fully saturated rings. The Balaban J connectivity index is 2.03. The topological polar surface area (TPSA) is 47.6 Å². The predicted molar refractivity (Wildman–Crippen MR) is 111 cm³/mol. The Kier molecular flexibility index (Phi) is 5.70. The van der Waals surface area contributed by atoms with E-state index in [0.717, 1.165) is 24.8 Å². The first-order valence-electron chi connectivity index (χ1n) is 9.97. The zero-order chi connectivity index (χ0) is 19.9. The quantitative estimate of drug-likeness (QED) is 0.494. The van der Waals surface area contributed by atoms with Crippen molar-refractivity contribution in [1.82, 2.24) is 5.48 Å². The maximum absolute atomic E-state index is 13.1. The number of esters is 1. The number of hydroxylamine groups is 1. The molecular formula is C22H33NO3Sn. The van der Waals surface area contributed by atoms with E-state index in [-0.39, 0.29) is 17.8 Å². The zero-order valence-corrected chi connectivity index (χ0v) is 20.3. The van der Waals surface area contributed by atoms with Gasteiger partial charge in [-0.3, -0.25) is 0 Å². The van der Waals surface area contributed by atoms with Crippen molar-refractivity contribution in [2.75, 3.05) is 0 Å². The van der Waals surface area contributed by atoms with E-state index in [1.165, 1.54) is 3.71 Å². The Morgan fingerprint density at radius 3 is 2.44 bits per heavy atom. The van der Waals surface area contributed by atoms with Gasteiger partial charge in [-0.15, -0.1) is 0 Å². The summed E-state index contributed by atoms with van der Waals surface area (Å²) in [6.07, 6.45) is 5.03. The third kappa shape index (κ3) is 4.53. The third-order valence-electron chi connectivity index (χ3n) is 5.43. The van der Waals surface area contributed by atoms with Gasteiger partial charge in [0, 0.05) is 0 Å². The first-order chi connectivity index (χ1) is 12.5. The van der Waals surface area contributed by atoms with E-state index >= 15 is 0 Å². The van der Waals surface area contributed by atoms with Gasteiger partial charge in [-0.1, -0.05) is 0 Å². The van der Waals surface area contributed by atoms with Crippen molar-refractivity contribution >= 4 is 24.3 Å². The normalized spacial score (nSPS) is 28.6. The molecule has 1 unspecified atom stereocenters. The number of ether oxygens (including phenoxy) is 1. The maximum atomic E-state index is 13.1. The van der Waals surface area contributed by atoms with Gasteiger partial charge in [0.05, 0.1) is 0 Å². The van der Waals surface area contributed by atoms with Crippen LogP contribution in [0.3, 0.4) is 0 Å². The summed E-state index contributed by atoms with van der Waals surface area (Å²) < 4.78 is 7.09. The minimum atomic E-state index is -2.31. The summed E-state index contributed by atoms with van der Waals surface area (Å²) in [6, 6.07) is 10.3. The molecule has 3 atom stereocenters. The second-order valence-electron chi connectivity index (χ2n) is 9.89. The number of hydrogen-bond acceptors (Lipinski definition) is 4. The van der Waals surface area contributed by atoms with Crippen LogP contribution in [0.2, 0.25) is 14.8 Å². The molecular weight excluding hydrogens is 445 g/mol. The van der Waals surface area contributed by atoms with E-state index in [0.29, 0.717) is 0 Å². The van der Waals surface area contributed by atoms with Crippen molar-refractivity contribution in [3.05, 3.63) is 45.7 Å². The van der Waals surface area contributed by atoms with E-state index in [4.69, 9.17) is 9.57 Å². The Bertz CT molecular complexity index is 717. The van der Waals surface area contributed by atoms with Gasteiger partial charge in [0.15, 0.2) is 0 Å². The fourth-order valence-corrected chi connectivity index (χ4v) is 7.12. The molecule has 5 heteroatoms. The first-order valence-corrected chi connectivity index (χ1v) is 20.0. The second kappa shape index (κ2) is 7.43. The standard InChI is InChI=1S/C19H24NO3.3CH3.Sn/c1-18(2,3)22-17(21)15-10-7-11-19(12-13-20-23-19)16(15)14-8-5-4-6-9-14;;;;/h4-6,8-9,12,15-16,20H,7,10-11H2,1-3H3;3*1H3;/t15?,16-,19+;;;;/m1..../s1. The molecule has 1 aliphatic carbocycles. The van der Waals surface area contributed by atoms with E-state index in [1.54, 1.807) is 0 Å².